The van der Waals surface area contributed by atoms with Crippen molar-refractivity contribution in [3.63, 3.8) is 0 Å². The number of Topliss-reactive ketones (excluding diaryl/α,β-unsaturated/α-hetero) is 1. The van der Waals surface area contributed by atoms with E-state index in [1.165, 1.54) is 21.6 Å². The largest absolute Gasteiger partial charge is 0.508 e. The monoisotopic (exact) mass is 244 g/mol. The summed E-state index contributed by atoms with van der Waals surface area (Å²) in [5.41, 5.74) is 3.61. The van der Waals surface area contributed by atoms with Crippen LogP contribution in [0.4, 0.5) is 0 Å². The minimum atomic E-state index is 0.129. The maximum Gasteiger partial charge on any atom is 0.169 e. The highest BCUT2D eigenvalue weighted by molar-refractivity contribution is 7.17. The third-order valence-electron chi connectivity index (χ3n) is 3.15. The highest BCUT2D eigenvalue weighted by Crippen LogP contribution is 2.40. The van der Waals surface area contributed by atoms with Crippen molar-refractivity contribution < 1.29 is 9.90 Å². The first-order valence-electron chi connectivity index (χ1n) is 5.61. The van der Waals surface area contributed by atoms with Crippen molar-refractivity contribution >= 4 is 17.1 Å². The van der Waals surface area contributed by atoms with Gasteiger partial charge in [-0.2, -0.15) is 0 Å². The van der Waals surface area contributed by atoms with Crippen molar-refractivity contribution in [2.75, 3.05) is 0 Å². The van der Waals surface area contributed by atoms with Crippen molar-refractivity contribution in [2.45, 2.75) is 19.8 Å². The second-order valence-corrected chi connectivity index (χ2v) is 5.41. The molecule has 1 N–H and O–H groups in total. The Morgan fingerprint density at radius 1 is 1.24 bits per heavy atom. The second kappa shape index (κ2) is 3.70. The van der Waals surface area contributed by atoms with Crippen molar-refractivity contribution in [1.82, 2.24) is 0 Å². The lowest BCUT2D eigenvalue weighted by Crippen LogP contribution is -2.00. The number of phenolic OH excluding ortho intramolecular Hbond substituents is 1. The average Bonchev–Trinajstić information content (AvgIpc) is 2.72. The first-order valence-corrected chi connectivity index (χ1v) is 6.42. The van der Waals surface area contributed by atoms with Gasteiger partial charge in [-0.25, -0.2) is 0 Å². The number of carbonyl (C=O) groups is 1. The van der Waals surface area contributed by atoms with Gasteiger partial charge in [0.15, 0.2) is 5.78 Å². The summed E-state index contributed by atoms with van der Waals surface area (Å²) in [6.07, 6.45) is 1.89. The molecule has 0 saturated carbocycles. The lowest BCUT2D eigenvalue weighted by atomic mass is 9.91. The quantitative estimate of drug-likeness (QED) is 0.780. The Bertz CT molecular complexity index is 611. The van der Waals surface area contributed by atoms with E-state index < -0.39 is 0 Å². The number of ketones is 1. The van der Waals surface area contributed by atoms with Gasteiger partial charge in [0, 0.05) is 4.88 Å². The summed E-state index contributed by atoms with van der Waals surface area (Å²) in [4.78, 5) is 13.4. The molecule has 3 rings (SSSR count). The van der Waals surface area contributed by atoms with Crippen LogP contribution in [0.3, 0.4) is 0 Å². The number of rotatable bonds is 1. The van der Waals surface area contributed by atoms with Crippen LogP contribution in [0.15, 0.2) is 24.3 Å². The minimum absolute atomic E-state index is 0.129. The van der Waals surface area contributed by atoms with E-state index in [2.05, 4.69) is 0 Å². The maximum atomic E-state index is 11.4. The number of carbonyl (C=O) groups excluding carboxylic acids is 1. The zero-order chi connectivity index (χ0) is 12.0. The van der Waals surface area contributed by atoms with Crippen LogP contribution in [0.1, 0.15) is 27.7 Å². The molecule has 17 heavy (non-hydrogen) atoms. The topological polar surface area (TPSA) is 37.3 Å². The zero-order valence-corrected chi connectivity index (χ0v) is 10.3. The minimum Gasteiger partial charge on any atom is -0.508 e. The molecule has 1 aliphatic rings. The molecular formula is C14H12O2S. The molecule has 3 heteroatoms. The number of hydrogen-bond acceptors (Lipinski definition) is 3. The SMILES string of the molecule is CC(=O)c1cc2c(s1)-c1ccc(O)cc1CC2. The molecule has 2 nitrogen and oxygen atoms in total. The van der Waals surface area contributed by atoms with Gasteiger partial charge in [-0.15, -0.1) is 11.3 Å². The van der Waals surface area contributed by atoms with E-state index in [4.69, 9.17) is 0 Å². The fourth-order valence-electron chi connectivity index (χ4n) is 2.29. The van der Waals surface area contributed by atoms with Crippen LogP contribution in [-0.4, -0.2) is 10.9 Å². The number of aromatic hydroxyl groups is 1. The van der Waals surface area contributed by atoms with Gasteiger partial charge in [0.1, 0.15) is 5.75 Å². The molecule has 0 radical (unpaired) electrons. The number of thiophene rings is 1. The summed E-state index contributed by atoms with van der Waals surface area (Å²) >= 11 is 1.56. The molecule has 86 valence electrons. The molecule has 0 bridgehead atoms. The first-order chi connectivity index (χ1) is 8.15. The lowest BCUT2D eigenvalue weighted by Gasteiger charge is -2.15. The fraction of sp³-hybridized carbons (Fsp3) is 0.214. The number of fused-ring (bicyclic) bond motifs is 3. The van der Waals surface area contributed by atoms with Gasteiger partial charge in [-0.1, -0.05) is 0 Å². The molecule has 0 spiro atoms. The van der Waals surface area contributed by atoms with Crippen LogP contribution in [0.2, 0.25) is 0 Å². The van der Waals surface area contributed by atoms with Crippen molar-refractivity contribution in [1.29, 1.82) is 0 Å². The third kappa shape index (κ3) is 1.67. The Morgan fingerprint density at radius 2 is 2.00 bits per heavy atom. The standard InChI is InChI=1S/C14H12O2S/c1-8(15)13-7-10-3-2-9-6-11(16)4-5-12(9)14(10)17-13/h4-7,16H,2-3H2,1H3. The molecule has 2 aromatic rings. The van der Waals surface area contributed by atoms with Gasteiger partial charge < -0.3 is 5.11 Å². The van der Waals surface area contributed by atoms with Crippen molar-refractivity contribution in [3.8, 4) is 16.2 Å². The highest BCUT2D eigenvalue weighted by atomic mass is 32.1. The molecule has 1 heterocycles. The second-order valence-electron chi connectivity index (χ2n) is 4.36. The summed E-state index contributed by atoms with van der Waals surface area (Å²) < 4.78 is 0. The molecule has 1 aliphatic carbocycles. The Morgan fingerprint density at radius 3 is 2.76 bits per heavy atom. The maximum absolute atomic E-state index is 11.4. The van der Waals surface area contributed by atoms with E-state index in [1.807, 2.05) is 18.2 Å². The lowest BCUT2D eigenvalue weighted by molar-refractivity contribution is 0.102. The molecule has 0 aliphatic heterocycles. The zero-order valence-electron chi connectivity index (χ0n) is 9.49. The highest BCUT2D eigenvalue weighted by Gasteiger charge is 2.20. The summed E-state index contributed by atoms with van der Waals surface area (Å²) in [5.74, 6) is 0.445. The number of phenols is 1. The van der Waals surface area contributed by atoms with Crippen LogP contribution in [0, 0.1) is 0 Å². The molecule has 0 saturated heterocycles. The van der Waals surface area contributed by atoms with E-state index >= 15 is 0 Å². The predicted molar refractivity (Wildman–Crippen MR) is 68.8 cm³/mol. The van der Waals surface area contributed by atoms with Crippen LogP contribution >= 0.6 is 11.3 Å². The van der Waals surface area contributed by atoms with Crippen molar-refractivity contribution in [2.24, 2.45) is 0 Å². The van der Waals surface area contributed by atoms with Gasteiger partial charge in [0.2, 0.25) is 0 Å². The van der Waals surface area contributed by atoms with E-state index in [0.717, 1.165) is 17.7 Å². The summed E-state index contributed by atoms with van der Waals surface area (Å²) in [6.45, 7) is 1.61. The third-order valence-corrected chi connectivity index (χ3v) is 4.46. The van der Waals surface area contributed by atoms with E-state index in [1.54, 1.807) is 24.3 Å². The molecule has 1 aromatic heterocycles. The van der Waals surface area contributed by atoms with Crippen LogP contribution in [-0.2, 0) is 12.8 Å². The van der Waals surface area contributed by atoms with Crippen LogP contribution < -0.4 is 0 Å². The smallest absolute Gasteiger partial charge is 0.169 e. The van der Waals surface area contributed by atoms with Crippen molar-refractivity contribution in [3.05, 3.63) is 40.3 Å². The molecule has 0 atom stereocenters. The Labute approximate surface area is 104 Å². The molecular weight excluding hydrogens is 232 g/mol. The molecule has 0 amide bonds. The van der Waals surface area contributed by atoms with Crippen LogP contribution in [0.25, 0.3) is 10.4 Å². The van der Waals surface area contributed by atoms with E-state index in [0.29, 0.717) is 5.75 Å². The fourth-order valence-corrected chi connectivity index (χ4v) is 3.46. The molecule has 1 aromatic carbocycles. The average molecular weight is 244 g/mol. The molecule has 0 fully saturated rings. The van der Waals surface area contributed by atoms with E-state index in [-0.39, 0.29) is 5.78 Å². The Hall–Kier alpha value is -1.61. The first kappa shape index (κ1) is 10.5. The van der Waals surface area contributed by atoms with Gasteiger partial charge in [-0.05, 0) is 60.7 Å². The summed E-state index contributed by atoms with van der Waals surface area (Å²) in [6, 6.07) is 7.49. The van der Waals surface area contributed by atoms with Gasteiger partial charge >= 0.3 is 0 Å². The predicted octanol–water partition coefficient (Wildman–Crippen LogP) is 3.42. The summed E-state index contributed by atoms with van der Waals surface area (Å²) in [7, 11) is 0. The van der Waals surface area contributed by atoms with Gasteiger partial charge in [0.25, 0.3) is 0 Å². The van der Waals surface area contributed by atoms with Gasteiger partial charge in [-0.3, -0.25) is 4.79 Å². The van der Waals surface area contributed by atoms with Gasteiger partial charge in [0.05, 0.1) is 4.88 Å². The number of aryl methyl sites for hydroxylation is 2. The Balaban J connectivity index is 2.19. The Kier molecular flexibility index (Phi) is 2.30. The van der Waals surface area contributed by atoms with E-state index in [9.17, 15) is 9.90 Å². The van der Waals surface area contributed by atoms with Crippen LogP contribution in [0.5, 0.6) is 5.75 Å². The molecule has 0 unspecified atom stereocenters. The number of benzene rings is 1. The normalized spacial score (nSPS) is 13.0. The summed E-state index contributed by atoms with van der Waals surface area (Å²) in [5, 5.41) is 9.48. The number of hydrogen-bond donors (Lipinski definition) is 1.